The summed E-state index contributed by atoms with van der Waals surface area (Å²) in [7, 11) is 0. The Balaban J connectivity index is 1.68. The highest BCUT2D eigenvalue weighted by Crippen LogP contribution is 2.36. The van der Waals surface area contributed by atoms with E-state index < -0.39 is 11.7 Å². The fourth-order valence-corrected chi connectivity index (χ4v) is 5.35. The molecule has 6 nitrogen and oxygen atoms in total. The maximum atomic E-state index is 14.7. The predicted molar refractivity (Wildman–Crippen MR) is 143 cm³/mol. The Kier molecular flexibility index (Phi) is 6.98. The number of amides is 1. The molecule has 1 aliphatic heterocycles. The third kappa shape index (κ3) is 4.64. The molecule has 1 fully saturated rings. The van der Waals surface area contributed by atoms with Crippen LogP contribution in [0.3, 0.4) is 0 Å². The van der Waals surface area contributed by atoms with E-state index in [1.807, 2.05) is 0 Å². The zero-order valence-corrected chi connectivity index (χ0v) is 22.0. The van der Waals surface area contributed by atoms with Gasteiger partial charge in [0.2, 0.25) is 5.91 Å². The number of aromatic nitrogens is 2. The summed E-state index contributed by atoms with van der Waals surface area (Å²) in [5.74, 6) is -1.63. The number of nitrogens with zero attached hydrogens (tertiary/aromatic N) is 2. The van der Waals surface area contributed by atoms with Crippen LogP contribution in [0, 0.1) is 9.39 Å². The minimum Gasteiger partial charge on any atom is -0.357 e. The molecule has 10 heteroatoms. The van der Waals surface area contributed by atoms with Crippen molar-refractivity contribution in [3.05, 3.63) is 68.1 Å². The van der Waals surface area contributed by atoms with Crippen LogP contribution >= 0.6 is 45.8 Å². The third-order valence-electron chi connectivity index (χ3n) is 6.02. The summed E-state index contributed by atoms with van der Waals surface area (Å²) < 4.78 is 22.9. The summed E-state index contributed by atoms with van der Waals surface area (Å²) in [4.78, 5) is 26.2. The number of nitrogens with one attached hydrogen (secondary N) is 1. The topological polar surface area (TPSA) is 73.2 Å². The second-order valence-electron chi connectivity index (χ2n) is 8.27. The maximum absolute atomic E-state index is 14.7. The lowest BCUT2D eigenvalue weighted by atomic mass is 9.95. The fraction of sp³-hybridized carbons (Fsp3) is 0.240. The summed E-state index contributed by atoms with van der Waals surface area (Å²) in [6.45, 7) is 0.609. The monoisotopic (exact) mass is 625 g/mol. The molecule has 0 radical (unpaired) electrons. The lowest BCUT2D eigenvalue weighted by Gasteiger charge is -2.22. The van der Waals surface area contributed by atoms with E-state index in [0.717, 1.165) is 28.2 Å². The number of ketones is 1. The number of rotatable bonds is 5. The lowest BCUT2D eigenvalue weighted by Crippen LogP contribution is -2.18. The predicted octanol–water partition coefficient (Wildman–Crippen LogP) is 6.69. The highest BCUT2D eigenvalue weighted by atomic mass is 127. The van der Waals surface area contributed by atoms with E-state index in [9.17, 15) is 14.0 Å². The highest BCUT2D eigenvalue weighted by molar-refractivity contribution is 14.1. The van der Waals surface area contributed by atoms with Crippen molar-refractivity contribution in [1.82, 2.24) is 9.78 Å². The molecule has 4 aromatic rings. The SMILES string of the molecule is O=C(CCl)Nc1c(C(=O)c2ccc(F)c3nn(C4CCCCO4)cc23)cc(I)c2cc(Cl)ccc12. The average Bonchev–Trinajstić information content (AvgIpc) is 3.32. The Hall–Kier alpha value is -2.27. The first-order chi connectivity index (χ1) is 16.9. The van der Waals surface area contributed by atoms with Crippen LogP contribution in [0.2, 0.25) is 5.02 Å². The van der Waals surface area contributed by atoms with Gasteiger partial charge in [0, 0.05) is 43.3 Å². The van der Waals surface area contributed by atoms with Crippen LogP contribution in [0.1, 0.15) is 41.4 Å². The van der Waals surface area contributed by atoms with Crippen LogP contribution in [0.4, 0.5) is 10.1 Å². The van der Waals surface area contributed by atoms with Crippen molar-refractivity contribution in [2.24, 2.45) is 0 Å². The zero-order valence-electron chi connectivity index (χ0n) is 18.3. The van der Waals surface area contributed by atoms with Gasteiger partial charge in [0.05, 0.1) is 5.69 Å². The number of halogens is 4. The van der Waals surface area contributed by atoms with E-state index in [-0.39, 0.29) is 34.5 Å². The van der Waals surface area contributed by atoms with Crippen molar-refractivity contribution >= 4 is 84.8 Å². The standard InChI is InChI=1S/C25H19Cl2FIN3O3/c26-11-21(33)30-23-14-5-4-13(27)9-16(14)20(29)10-17(23)25(34)15-6-7-19(28)24-18(15)12-32(31-24)22-3-1-2-8-35-22/h4-7,9-10,12,22H,1-3,8,11H2,(H,30,33). The first kappa shape index (κ1) is 24.4. The van der Waals surface area contributed by atoms with Gasteiger partial charge in [0.15, 0.2) is 11.6 Å². The molecule has 1 aliphatic rings. The average molecular weight is 626 g/mol. The number of fused-ring (bicyclic) bond motifs is 2. The molecule has 180 valence electrons. The highest BCUT2D eigenvalue weighted by Gasteiger charge is 2.25. The van der Waals surface area contributed by atoms with Crippen LogP contribution in [0.5, 0.6) is 0 Å². The van der Waals surface area contributed by atoms with Crippen LogP contribution in [0.15, 0.2) is 42.6 Å². The van der Waals surface area contributed by atoms with E-state index >= 15 is 0 Å². The Bertz CT molecular complexity index is 1480. The molecule has 3 aromatic carbocycles. The molecule has 5 rings (SSSR count). The van der Waals surface area contributed by atoms with Crippen LogP contribution < -0.4 is 5.32 Å². The zero-order chi connectivity index (χ0) is 24.7. The van der Waals surface area contributed by atoms with Crippen LogP contribution in [-0.2, 0) is 9.53 Å². The van der Waals surface area contributed by atoms with E-state index in [0.29, 0.717) is 28.1 Å². The molecule has 1 aromatic heterocycles. The van der Waals surface area contributed by atoms with E-state index in [1.165, 1.54) is 12.1 Å². The molecule has 0 spiro atoms. The molecular weight excluding hydrogens is 607 g/mol. The minimum atomic E-state index is -0.524. The molecule has 1 saturated heterocycles. The van der Waals surface area contributed by atoms with Crippen molar-refractivity contribution in [3.63, 3.8) is 0 Å². The number of benzene rings is 3. The smallest absolute Gasteiger partial charge is 0.239 e. The van der Waals surface area contributed by atoms with Gasteiger partial charge in [-0.3, -0.25) is 9.59 Å². The Morgan fingerprint density at radius 1 is 1.14 bits per heavy atom. The summed E-state index contributed by atoms with van der Waals surface area (Å²) in [5.41, 5.74) is 0.957. The normalized spacial score (nSPS) is 16.1. The molecule has 0 aliphatic carbocycles. The van der Waals surface area contributed by atoms with Crippen molar-refractivity contribution in [1.29, 1.82) is 0 Å². The molecule has 0 bridgehead atoms. The Morgan fingerprint density at radius 2 is 1.97 bits per heavy atom. The number of carbonyl (C=O) groups is 2. The van der Waals surface area contributed by atoms with Gasteiger partial charge in [-0.05, 0) is 77.6 Å². The molecule has 0 saturated carbocycles. The van der Waals surface area contributed by atoms with Crippen LogP contribution in [0.25, 0.3) is 21.7 Å². The van der Waals surface area contributed by atoms with E-state index in [1.54, 1.807) is 35.1 Å². The van der Waals surface area contributed by atoms with Gasteiger partial charge in [-0.25, -0.2) is 9.07 Å². The van der Waals surface area contributed by atoms with Gasteiger partial charge < -0.3 is 10.1 Å². The molecule has 1 amide bonds. The molecule has 1 atom stereocenters. The largest absolute Gasteiger partial charge is 0.357 e. The van der Waals surface area contributed by atoms with Gasteiger partial charge in [-0.2, -0.15) is 5.10 Å². The fourth-order valence-electron chi connectivity index (χ4n) is 4.35. The van der Waals surface area contributed by atoms with Crippen molar-refractivity contribution < 1.29 is 18.7 Å². The second-order valence-corrected chi connectivity index (χ2v) is 10.1. The van der Waals surface area contributed by atoms with Gasteiger partial charge in [0.1, 0.15) is 17.6 Å². The number of carbonyl (C=O) groups excluding carboxylic acids is 2. The second kappa shape index (κ2) is 10.0. The summed E-state index contributed by atoms with van der Waals surface area (Å²) >= 11 is 14.1. The summed E-state index contributed by atoms with van der Waals surface area (Å²) in [5, 5.41) is 9.50. The number of alkyl halides is 1. The number of hydrogen-bond donors (Lipinski definition) is 1. The number of anilines is 1. The first-order valence-corrected chi connectivity index (χ1v) is 13.0. The summed E-state index contributed by atoms with van der Waals surface area (Å²) in [6.07, 6.45) is 4.07. The molecule has 1 unspecified atom stereocenters. The summed E-state index contributed by atoms with van der Waals surface area (Å²) in [6, 6.07) is 9.58. The minimum absolute atomic E-state index is 0.0960. The lowest BCUT2D eigenvalue weighted by molar-refractivity contribution is -0.113. The van der Waals surface area contributed by atoms with Crippen molar-refractivity contribution in [2.45, 2.75) is 25.5 Å². The molecular formula is C25H19Cl2FIN3O3. The molecule has 35 heavy (non-hydrogen) atoms. The van der Waals surface area contributed by atoms with E-state index in [2.05, 4.69) is 33.0 Å². The van der Waals surface area contributed by atoms with Gasteiger partial charge in [-0.1, -0.05) is 17.7 Å². The van der Waals surface area contributed by atoms with Crippen molar-refractivity contribution in [3.8, 4) is 0 Å². The van der Waals surface area contributed by atoms with Gasteiger partial charge >= 0.3 is 0 Å². The quantitative estimate of drug-likeness (QED) is 0.152. The number of ether oxygens (including phenoxy) is 1. The van der Waals surface area contributed by atoms with Gasteiger partial charge in [-0.15, -0.1) is 11.6 Å². The van der Waals surface area contributed by atoms with Crippen molar-refractivity contribution in [2.75, 3.05) is 17.8 Å². The van der Waals surface area contributed by atoms with Gasteiger partial charge in [0.25, 0.3) is 0 Å². The molecule has 2 heterocycles. The maximum Gasteiger partial charge on any atom is 0.239 e. The Morgan fingerprint density at radius 3 is 2.71 bits per heavy atom. The number of hydrogen-bond acceptors (Lipinski definition) is 4. The molecule has 1 N–H and O–H groups in total. The Labute approximate surface area is 223 Å². The third-order valence-corrected chi connectivity index (χ3v) is 7.39. The first-order valence-electron chi connectivity index (χ1n) is 11.0. The van der Waals surface area contributed by atoms with E-state index in [4.69, 9.17) is 27.9 Å². The van der Waals surface area contributed by atoms with Crippen LogP contribution in [-0.4, -0.2) is 34.0 Å².